The van der Waals surface area contributed by atoms with Crippen LogP contribution in [-0.2, 0) is 0 Å². The van der Waals surface area contributed by atoms with Crippen LogP contribution in [0.25, 0.3) is 0 Å². The van der Waals surface area contributed by atoms with Crippen LogP contribution in [0.15, 0.2) is 0 Å². The molecule has 0 bridgehead atoms. The molecule has 140 valence electrons. The lowest BCUT2D eigenvalue weighted by molar-refractivity contribution is -0.907. The van der Waals surface area contributed by atoms with E-state index in [-0.39, 0.29) is 0 Å². The van der Waals surface area contributed by atoms with Crippen LogP contribution in [0, 0.1) is 0 Å². The molecule has 1 nitrogen and oxygen atoms in total. The molecule has 0 N–H and O–H groups in total. The van der Waals surface area contributed by atoms with Crippen molar-refractivity contribution in [2.24, 2.45) is 0 Å². The molecule has 0 aliphatic rings. The number of unbranched alkanes of at least 4 members (excludes halogenated alkanes) is 12. The van der Waals surface area contributed by atoms with E-state index < -0.39 is 0 Å². The van der Waals surface area contributed by atoms with Crippen LogP contribution in [-0.4, -0.2) is 36.5 Å². The van der Waals surface area contributed by atoms with Crippen molar-refractivity contribution in [1.29, 1.82) is 0 Å². The maximum Gasteiger partial charge on any atom is 0.0883 e. The fraction of sp³-hybridized carbons (Fsp3) is 1.00. The Morgan fingerprint density at radius 3 is 1.22 bits per heavy atom. The molecule has 0 radical (unpaired) electrons. The van der Waals surface area contributed by atoms with Crippen LogP contribution in [0.3, 0.4) is 0 Å². The summed E-state index contributed by atoms with van der Waals surface area (Å²) in [6.45, 7) is 8.66. The standard InChI is InChI=1S/C21H45BrN/c1-4-6-8-10-12-14-16-19-23(3,21-18-22)20-17-15-13-11-9-7-5-2/h4-21H2,1-3H3/q+1. The first-order valence-electron chi connectivity index (χ1n) is 10.6. The normalized spacial score (nSPS) is 12.0. The van der Waals surface area contributed by atoms with Gasteiger partial charge in [0.1, 0.15) is 0 Å². The predicted octanol–water partition coefficient (Wildman–Crippen LogP) is 7.33. The number of hydrogen-bond acceptors (Lipinski definition) is 0. The Labute approximate surface area is 156 Å². The lowest BCUT2D eigenvalue weighted by Crippen LogP contribution is -2.46. The van der Waals surface area contributed by atoms with Gasteiger partial charge in [0.15, 0.2) is 0 Å². The van der Waals surface area contributed by atoms with Gasteiger partial charge in [-0.05, 0) is 25.7 Å². The van der Waals surface area contributed by atoms with Crippen molar-refractivity contribution in [1.82, 2.24) is 0 Å². The van der Waals surface area contributed by atoms with Crippen LogP contribution in [0.2, 0.25) is 0 Å². The van der Waals surface area contributed by atoms with Crippen molar-refractivity contribution in [3.63, 3.8) is 0 Å². The highest BCUT2D eigenvalue weighted by molar-refractivity contribution is 9.09. The predicted molar refractivity (Wildman–Crippen MR) is 111 cm³/mol. The summed E-state index contributed by atoms with van der Waals surface area (Å²) in [5.41, 5.74) is 0. The average Bonchev–Trinajstić information content (AvgIpc) is 2.53. The molecule has 0 saturated heterocycles. The van der Waals surface area contributed by atoms with Gasteiger partial charge in [-0.15, -0.1) is 0 Å². The molecule has 0 aliphatic heterocycles. The first-order valence-corrected chi connectivity index (χ1v) is 11.7. The highest BCUT2D eigenvalue weighted by Crippen LogP contribution is 2.14. The van der Waals surface area contributed by atoms with Crippen LogP contribution in [0.5, 0.6) is 0 Å². The summed E-state index contributed by atoms with van der Waals surface area (Å²) in [4.78, 5) is 0. The number of hydrogen-bond donors (Lipinski definition) is 0. The van der Waals surface area contributed by atoms with Crippen LogP contribution in [0.1, 0.15) is 104 Å². The Hall–Kier alpha value is 0.440. The molecule has 0 aliphatic carbocycles. The molecule has 0 fully saturated rings. The second-order valence-corrected chi connectivity index (χ2v) is 8.51. The monoisotopic (exact) mass is 390 g/mol. The smallest absolute Gasteiger partial charge is 0.0883 e. The van der Waals surface area contributed by atoms with Crippen LogP contribution < -0.4 is 0 Å². The summed E-state index contributed by atoms with van der Waals surface area (Å²) < 4.78 is 1.29. The van der Waals surface area contributed by atoms with E-state index in [1.54, 1.807) is 0 Å². The van der Waals surface area contributed by atoms with Gasteiger partial charge >= 0.3 is 0 Å². The maximum atomic E-state index is 3.67. The largest absolute Gasteiger partial charge is 0.325 e. The first-order chi connectivity index (χ1) is 11.2. The van der Waals surface area contributed by atoms with Gasteiger partial charge in [-0.2, -0.15) is 0 Å². The Morgan fingerprint density at radius 2 is 0.870 bits per heavy atom. The first kappa shape index (κ1) is 23.4. The third-order valence-electron chi connectivity index (χ3n) is 5.23. The third kappa shape index (κ3) is 15.7. The Balaban J connectivity index is 3.69. The van der Waals surface area contributed by atoms with Gasteiger partial charge in [-0.25, -0.2) is 0 Å². The molecule has 0 aromatic heterocycles. The van der Waals surface area contributed by atoms with Gasteiger partial charge in [0.05, 0.1) is 32.0 Å². The van der Waals surface area contributed by atoms with Gasteiger partial charge < -0.3 is 4.48 Å². The van der Waals surface area contributed by atoms with E-state index in [9.17, 15) is 0 Å². The second kappa shape index (κ2) is 17.3. The van der Waals surface area contributed by atoms with Gasteiger partial charge in [0.2, 0.25) is 0 Å². The number of rotatable bonds is 18. The van der Waals surface area contributed by atoms with Crippen molar-refractivity contribution >= 4 is 15.9 Å². The number of nitrogens with zero attached hydrogens (tertiary/aromatic N) is 1. The van der Waals surface area contributed by atoms with E-state index in [2.05, 4.69) is 36.8 Å². The minimum atomic E-state index is 1.15. The summed E-state index contributed by atoms with van der Waals surface area (Å²) in [7, 11) is 2.48. The zero-order valence-electron chi connectivity index (χ0n) is 16.6. The van der Waals surface area contributed by atoms with Crippen LogP contribution >= 0.6 is 15.9 Å². The summed E-state index contributed by atoms with van der Waals surface area (Å²) in [5, 5.41) is 1.15. The van der Waals surface area contributed by atoms with E-state index in [4.69, 9.17) is 0 Å². The van der Waals surface area contributed by atoms with Gasteiger partial charge in [0, 0.05) is 0 Å². The summed E-state index contributed by atoms with van der Waals surface area (Å²) in [6.07, 6.45) is 20.0. The maximum absolute atomic E-state index is 3.67. The molecular weight excluding hydrogens is 346 g/mol. The molecule has 0 unspecified atom stereocenters. The van der Waals surface area contributed by atoms with E-state index in [1.165, 1.54) is 114 Å². The number of alkyl halides is 1. The van der Waals surface area contributed by atoms with E-state index in [1.807, 2.05) is 0 Å². The Bertz CT molecular complexity index is 212. The summed E-state index contributed by atoms with van der Waals surface area (Å²) in [6, 6.07) is 0. The van der Waals surface area contributed by atoms with Gasteiger partial charge in [0.25, 0.3) is 0 Å². The molecule has 2 heteroatoms. The molecule has 23 heavy (non-hydrogen) atoms. The van der Waals surface area contributed by atoms with Crippen molar-refractivity contribution in [3.8, 4) is 0 Å². The molecule has 0 spiro atoms. The summed E-state index contributed by atoms with van der Waals surface area (Å²) in [5.74, 6) is 0. The average molecular weight is 392 g/mol. The number of halogens is 1. The van der Waals surface area contributed by atoms with Gasteiger partial charge in [-0.3, -0.25) is 0 Å². The molecule has 0 aromatic rings. The highest BCUT2D eigenvalue weighted by Gasteiger charge is 2.19. The van der Waals surface area contributed by atoms with E-state index in [0.29, 0.717) is 0 Å². The molecule has 0 aromatic carbocycles. The minimum absolute atomic E-state index is 1.15. The fourth-order valence-corrected chi connectivity index (χ4v) is 4.30. The van der Waals surface area contributed by atoms with Crippen molar-refractivity contribution in [2.75, 3.05) is 32.0 Å². The SMILES string of the molecule is CCCCCCCCC[N+](C)(CCBr)CCCCCCCCC. The Morgan fingerprint density at radius 1 is 0.522 bits per heavy atom. The third-order valence-corrected chi connectivity index (χ3v) is 5.58. The van der Waals surface area contributed by atoms with Crippen LogP contribution in [0.4, 0.5) is 0 Å². The zero-order chi connectivity index (χ0) is 17.2. The minimum Gasteiger partial charge on any atom is -0.325 e. The quantitative estimate of drug-likeness (QED) is 0.130. The van der Waals surface area contributed by atoms with Crippen molar-refractivity contribution in [3.05, 3.63) is 0 Å². The highest BCUT2D eigenvalue weighted by atomic mass is 79.9. The second-order valence-electron chi connectivity index (χ2n) is 7.72. The van der Waals surface area contributed by atoms with Crippen molar-refractivity contribution < 1.29 is 4.48 Å². The Kier molecular flexibility index (Phi) is 17.6. The fourth-order valence-electron chi connectivity index (χ4n) is 3.44. The van der Waals surface area contributed by atoms with E-state index in [0.717, 1.165) is 5.33 Å². The lowest BCUT2D eigenvalue weighted by atomic mass is 10.1. The molecule has 0 rings (SSSR count). The molecule has 0 heterocycles. The topological polar surface area (TPSA) is 0 Å². The van der Waals surface area contributed by atoms with Crippen molar-refractivity contribution in [2.45, 2.75) is 104 Å². The van der Waals surface area contributed by atoms with E-state index >= 15 is 0 Å². The molecule has 0 amide bonds. The molecular formula is C21H45BrN+. The lowest BCUT2D eigenvalue weighted by Gasteiger charge is -2.34. The summed E-state index contributed by atoms with van der Waals surface area (Å²) >= 11 is 3.67. The molecule has 0 atom stereocenters. The van der Waals surface area contributed by atoms with Gasteiger partial charge in [-0.1, -0.05) is 94.0 Å². The number of quaternary nitrogens is 1. The molecule has 0 saturated carbocycles. The zero-order valence-corrected chi connectivity index (χ0v) is 18.1.